The van der Waals surface area contributed by atoms with Crippen LogP contribution in [0.2, 0.25) is 0 Å². The molecular formula is C15H21F2NOS. The van der Waals surface area contributed by atoms with E-state index in [1.807, 2.05) is 0 Å². The van der Waals surface area contributed by atoms with E-state index < -0.39 is 22.4 Å². The summed E-state index contributed by atoms with van der Waals surface area (Å²) in [5, 5.41) is 3.45. The quantitative estimate of drug-likeness (QED) is 0.874. The number of nitrogens with one attached hydrogen (secondary N) is 1. The Morgan fingerprint density at radius 2 is 2.15 bits per heavy atom. The third-order valence-corrected chi connectivity index (χ3v) is 5.35. The van der Waals surface area contributed by atoms with Crippen LogP contribution in [0.15, 0.2) is 23.1 Å². The van der Waals surface area contributed by atoms with Crippen LogP contribution in [0.1, 0.15) is 32.6 Å². The number of hydrogen-bond acceptors (Lipinski definition) is 2. The minimum absolute atomic E-state index is 0.0111. The molecule has 0 aliphatic heterocycles. The lowest BCUT2D eigenvalue weighted by molar-refractivity contribution is 0.399. The Balaban J connectivity index is 1.93. The van der Waals surface area contributed by atoms with Crippen LogP contribution < -0.4 is 5.32 Å². The summed E-state index contributed by atoms with van der Waals surface area (Å²) >= 11 is 0. The van der Waals surface area contributed by atoms with Crippen molar-refractivity contribution in [2.24, 2.45) is 5.92 Å². The minimum Gasteiger partial charge on any atom is -0.314 e. The molecule has 0 bridgehead atoms. The van der Waals surface area contributed by atoms with Gasteiger partial charge < -0.3 is 5.32 Å². The maximum Gasteiger partial charge on any atom is 0.139 e. The summed E-state index contributed by atoms with van der Waals surface area (Å²) in [4.78, 5) is -0.0111. The number of halogens is 2. The van der Waals surface area contributed by atoms with E-state index in [9.17, 15) is 13.0 Å². The Kier molecular flexibility index (Phi) is 5.66. The fourth-order valence-corrected chi connectivity index (χ4v) is 4.20. The van der Waals surface area contributed by atoms with Gasteiger partial charge in [0.25, 0.3) is 0 Å². The van der Waals surface area contributed by atoms with Gasteiger partial charge >= 0.3 is 0 Å². The predicted octanol–water partition coefficient (Wildman–Crippen LogP) is 3.24. The molecular weight excluding hydrogens is 280 g/mol. The van der Waals surface area contributed by atoms with Gasteiger partial charge in [-0.1, -0.05) is 13.3 Å². The average Bonchev–Trinajstić information content (AvgIpc) is 2.87. The lowest BCUT2D eigenvalue weighted by Crippen LogP contribution is -2.32. The van der Waals surface area contributed by atoms with Gasteiger partial charge in [-0.2, -0.15) is 0 Å². The highest BCUT2D eigenvalue weighted by Crippen LogP contribution is 2.29. The fourth-order valence-electron chi connectivity index (χ4n) is 2.93. The van der Waals surface area contributed by atoms with Crippen molar-refractivity contribution in [3.8, 4) is 0 Å². The largest absolute Gasteiger partial charge is 0.314 e. The molecule has 1 aliphatic carbocycles. The standard InChI is InChI=1S/C15H21F2NOS/c1-2-18-14-5-3-4-11(14)8-9-20(19)15-10-12(16)6-7-13(15)17/h6-7,10-11,14,18H,2-5,8-9H2,1H3. The molecule has 0 radical (unpaired) electrons. The molecule has 0 aromatic heterocycles. The zero-order valence-electron chi connectivity index (χ0n) is 11.7. The smallest absolute Gasteiger partial charge is 0.139 e. The molecule has 2 rings (SSSR count). The Labute approximate surface area is 121 Å². The SMILES string of the molecule is CCNC1CCCC1CCS(=O)c1cc(F)ccc1F. The highest BCUT2D eigenvalue weighted by molar-refractivity contribution is 7.85. The van der Waals surface area contributed by atoms with Crippen LogP contribution in [0.25, 0.3) is 0 Å². The summed E-state index contributed by atoms with van der Waals surface area (Å²) in [5.74, 6) is -0.233. The van der Waals surface area contributed by atoms with E-state index in [2.05, 4.69) is 12.2 Å². The summed E-state index contributed by atoms with van der Waals surface area (Å²) in [5.41, 5.74) is 0. The molecule has 2 nitrogen and oxygen atoms in total. The van der Waals surface area contributed by atoms with Gasteiger partial charge in [0.1, 0.15) is 11.6 Å². The van der Waals surface area contributed by atoms with E-state index in [0.29, 0.717) is 17.7 Å². The third-order valence-electron chi connectivity index (χ3n) is 3.94. The van der Waals surface area contributed by atoms with Gasteiger partial charge in [0.05, 0.1) is 15.7 Å². The predicted molar refractivity (Wildman–Crippen MR) is 77.1 cm³/mol. The van der Waals surface area contributed by atoms with Gasteiger partial charge in [0.15, 0.2) is 0 Å². The molecule has 3 atom stereocenters. The fraction of sp³-hybridized carbons (Fsp3) is 0.600. The second-order valence-electron chi connectivity index (χ2n) is 5.27. The second-order valence-corrected chi connectivity index (χ2v) is 6.81. The molecule has 1 aliphatic rings. The van der Waals surface area contributed by atoms with Crippen molar-refractivity contribution >= 4 is 10.8 Å². The molecule has 1 fully saturated rings. The van der Waals surface area contributed by atoms with Gasteiger partial charge in [-0.05, 0) is 49.9 Å². The van der Waals surface area contributed by atoms with Crippen LogP contribution in [-0.4, -0.2) is 22.5 Å². The topological polar surface area (TPSA) is 29.1 Å². The molecule has 1 saturated carbocycles. The summed E-state index contributed by atoms with van der Waals surface area (Å²) < 4.78 is 38.8. The molecule has 0 saturated heterocycles. The van der Waals surface area contributed by atoms with Crippen LogP contribution in [0.5, 0.6) is 0 Å². The Morgan fingerprint density at radius 1 is 1.35 bits per heavy atom. The maximum absolute atomic E-state index is 13.5. The van der Waals surface area contributed by atoms with Crippen LogP contribution in [-0.2, 0) is 10.8 Å². The second kappa shape index (κ2) is 7.27. The molecule has 3 unspecified atom stereocenters. The monoisotopic (exact) mass is 301 g/mol. The maximum atomic E-state index is 13.5. The van der Waals surface area contributed by atoms with Crippen LogP contribution in [0.4, 0.5) is 8.78 Å². The van der Waals surface area contributed by atoms with Crippen molar-refractivity contribution in [3.63, 3.8) is 0 Å². The molecule has 1 aromatic rings. The summed E-state index contributed by atoms with van der Waals surface area (Å²) in [6.07, 6.45) is 4.25. The Bertz CT molecular complexity index is 481. The molecule has 112 valence electrons. The summed E-state index contributed by atoms with van der Waals surface area (Å²) in [6.45, 7) is 3.01. The van der Waals surface area contributed by atoms with Gasteiger partial charge in [-0.25, -0.2) is 8.78 Å². The number of benzene rings is 1. The first-order valence-corrected chi connectivity index (χ1v) is 8.50. The van der Waals surface area contributed by atoms with Gasteiger partial charge in [-0.15, -0.1) is 0 Å². The summed E-state index contributed by atoms with van der Waals surface area (Å²) in [6, 6.07) is 3.62. The van der Waals surface area contributed by atoms with Crippen molar-refractivity contribution in [2.45, 2.75) is 43.5 Å². The first-order chi connectivity index (χ1) is 9.61. The van der Waals surface area contributed by atoms with Gasteiger partial charge in [0, 0.05) is 11.8 Å². The number of hydrogen-bond donors (Lipinski definition) is 1. The van der Waals surface area contributed by atoms with Crippen LogP contribution >= 0.6 is 0 Å². The lowest BCUT2D eigenvalue weighted by atomic mass is 10.0. The van der Waals surface area contributed by atoms with E-state index in [0.717, 1.165) is 44.0 Å². The van der Waals surface area contributed by atoms with Crippen molar-refractivity contribution in [1.82, 2.24) is 5.32 Å². The third kappa shape index (κ3) is 3.85. The first kappa shape index (κ1) is 15.6. The van der Waals surface area contributed by atoms with Gasteiger partial charge in [-0.3, -0.25) is 4.21 Å². The highest BCUT2D eigenvalue weighted by atomic mass is 32.2. The minimum atomic E-state index is -1.46. The molecule has 5 heteroatoms. The molecule has 1 N–H and O–H groups in total. The van der Waals surface area contributed by atoms with Crippen LogP contribution in [0.3, 0.4) is 0 Å². The average molecular weight is 301 g/mol. The van der Waals surface area contributed by atoms with E-state index in [1.54, 1.807) is 0 Å². The molecule has 0 amide bonds. The zero-order valence-corrected chi connectivity index (χ0v) is 12.5. The first-order valence-electron chi connectivity index (χ1n) is 7.18. The van der Waals surface area contributed by atoms with E-state index >= 15 is 0 Å². The molecule has 0 heterocycles. The number of rotatable bonds is 6. The molecule has 1 aromatic carbocycles. The normalized spacial score (nSPS) is 23.9. The van der Waals surface area contributed by atoms with Crippen molar-refractivity contribution in [3.05, 3.63) is 29.8 Å². The van der Waals surface area contributed by atoms with Crippen molar-refractivity contribution < 1.29 is 13.0 Å². The molecule has 0 spiro atoms. The Hall–Kier alpha value is -0.810. The lowest BCUT2D eigenvalue weighted by Gasteiger charge is -2.20. The highest BCUT2D eigenvalue weighted by Gasteiger charge is 2.26. The van der Waals surface area contributed by atoms with E-state index in [4.69, 9.17) is 0 Å². The van der Waals surface area contributed by atoms with Gasteiger partial charge in [0.2, 0.25) is 0 Å². The molecule has 20 heavy (non-hydrogen) atoms. The summed E-state index contributed by atoms with van der Waals surface area (Å²) in [7, 11) is -1.46. The van der Waals surface area contributed by atoms with Crippen molar-refractivity contribution in [2.75, 3.05) is 12.3 Å². The van der Waals surface area contributed by atoms with E-state index in [1.165, 1.54) is 6.42 Å². The zero-order chi connectivity index (χ0) is 14.5. The Morgan fingerprint density at radius 3 is 2.90 bits per heavy atom. The van der Waals surface area contributed by atoms with Crippen LogP contribution in [0, 0.1) is 17.6 Å². The van der Waals surface area contributed by atoms with E-state index in [-0.39, 0.29) is 4.90 Å². The van der Waals surface area contributed by atoms with Crippen molar-refractivity contribution in [1.29, 1.82) is 0 Å².